The van der Waals surface area contributed by atoms with Crippen LogP contribution in [-0.4, -0.2) is 63.9 Å². The Morgan fingerprint density at radius 2 is 1.62 bits per heavy atom. The smallest absolute Gasteiger partial charge is 0.408 e. The Bertz CT molecular complexity index is 1020. The number of rotatable bonds is 5. The molecule has 2 atom stereocenters. The van der Waals surface area contributed by atoms with Crippen molar-refractivity contribution in [3.05, 3.63) is 59.7 Å². The van der Waals surface area contributed by atoms with E-state index in [9.17, 15) is 24.6 Å². The summed E-state index contributed by atoms with van der Waals surface area (Å²) in [6, 6.07) is 14.8. The van der Waals surface area contributed by atoms with E-state index in [4.69, 9.17) is 4.74 Å². The van der Waals surface area contributed by atoms with Gasteiger partial charge in [0.25, 0.3) is 0 Å². The van der Waals surface area contributed by atoms with E-state index in [0.717, 1.165) is 27.2 Å². The van der Waals surface area contributed by atoms with Gasteiger partial charge in [0, 0.05) is 18.9 Å². The van der Waals surface area contributed by atoms with Crippen molar-refractivity contribution in [3.8, 4) is 11.1 Å². The zero-order chi connectivity index (χ0) is 23.0. The van der Waals surface area contributed by atoms with Crippen LogP contribution >= 0.6 is 0 Å². The lowest BCUT2D eigenvalue weighted by Gasteiger charge is -2.32. The summed E-state index contributed by atoms with van der Waals surface area (Å²) < 4.78 is 5.50. The van der Waals surface area contributed by atoms with Gasteiger partial charge in [-0.1, -0.05) is 48.5 Å². The van der Waals surface area contributed by atoms with E-state index >= 15 is 0 Å². The molecule has 0 bridgehead atoms. The summed E-state index contributed by atoms with van der Waals surface area (Å²) in [7, 11) is 0. The third-order valence-electron chi connectivity index (χ3n) is 6.12. The van der Waals surface area contributed by atoms with Gasteiger partial charge in [0.15, 0.2) is 0 Å². The van der Waals surface area contributed by atoms with Crippen LogP contribution in [-0.2, 0) is 14.3 Å². The van der Waals surface area contributed by atoms with Gasteiger partial charge in [0.1, 0.15) is 18.2 Å². The van der Waals surface area contributed by atoms with E-state index in [1.54, 1.807) is 0 Å². The number of benzene rings is 2. The van der Waals surface area contributed by atoms with E-state index in [2.05, 4.69) is 5.32 Å². The molecule has 3 N–H and O–H groups in total. The number of β-amino-alcohol motifs (C(OH)–C–C–N with tert-alkyl or cyclic N) is 1. The molecule has 1 aliphatic carbocycles. The molecule has 1 aliphatic heterocycles. The van der Waals surface area contributed by atoms with Crippen LogP contribution in [0, 0.1) is 0 Å². The molecule has 168 valence electrons. The average molecular weight is 438 g/mol. The second-order valence-corrected chi connectivity index (χ2v) is 8.78. The maximum absolute atomic E-state index is 12.9. The Morgan fingerprint density at radius 1 is 1.06 bits per heavy atom. The summed E-state index contributed by atoms with van der Waals surface area (Å²) in [5, 5.41) is 21.7. The minimum Gasteiger partial charge on any atom is -0.480 e. The summed E-state index contributed by atoms with van der Waals surface area (Å²) in [5.41, 5.74) is 2.97. The van der Waals surface area contributed by atoms with Gasteiger partial charge in [0.05, 0.1) is 6.10 Å². The summed E-state index contributed by atoms with van der Waals surface area (Å²) in [5.74, 6) is -1.89. The van der Waals surface area contributed by atoms with Crippen LogP contribution in [0.3, 0.4) is 0 Å². The topological polar surface area (TPSA) is 116 Å². The molecule has 1 fully saturated rings. The third kappa shape index (κ3) is 3.93. The SMILES string of the molecule is CC(C)(NC(=O)OCC1c2ccccc2-c2ccccc21)C(=O)N1C[C@H](O)C[C@H]1C(=O)O. The van der Waals surface area contributed by atoms with Gasteiger partial charge in [-0.05, 0) is 36.1 Å². The zero-order valence-corrected chi connectivity index (χ0v) is 17.9. The van der Waals surface area contributed by atoms with Gasteiger partial charge in [-0.3, -0.25) is 4.79 Å². The minimum atomic E-state index is -1.40. The van der Waals surface area contributed by atoms with Crippen LogP contribution in [0.25, 0.3) is 11.1 Å². The highest BCUT2D eigenvalue weighted by Gasteiger charge is 2.44. The van der Waals surface area contributed by atoms with E-state index in [-0.39, 0.29) is 25.5 Å². The number of fused-ring (bicyclic) bond motifs is 3. The number of hydrogen-bond acceptors (Lipinski definition) is 5. The van der Waals surface area contributed by atoms with Crippen LogP contribution in [0.5, 0.6) is 0 Å². The molecule has 32 heavy (non-hydrogen) atoms. The molecule has 0 unspecified atom stereocenters. The average Bonchev–Trinajstić information content (AvgIpc) is 3.30. The molecule has 2 aliphatic rings. The van der Waals surface area contributed by atoms with Crippen LogP contribution in [0.4, 0.5) is 4.79 Å². The molecule has 1 heterocycles. The molecular weight excluding hydrogens is 412 g/mol. The molecule has 0 saturated carbocycles. The standard InChI is InChI=1S/C24H26N2O6/c1-24(2,22(30)26-12-14(27)11-20(26)21(28)29)25-23(31)32-13-19-17-9-5-3-7-15(17)16-8-4-6-10-18(16)19/h3-10,14,19-20,27H,11-13H2,1-2H3,(H,25,31)(H,28,29)/t14-,20+/m1/s1. The maximum Gasteiger partial charge on any atom is 0.408 e. The highest BCUT2D eigenvalue weighted by molar-refractivity contribution is 5.92. The first-order valence-electron chi connectivity index (χ1n) is 10.5. The lowest BCUT2D eigenvalue weighted by Crippen LogP contribution is -2.58. The molecule has 2 aromatic rings. The summed E-state index contributed by atoms with van der Waals surface area (Å²) in [4.78, 5) is 38.0. The quantitative estimate of drug-likeness (QED) is 0.660. The number of carbonyl (C=O) groups excluding carboxylic acids is 2. The number of hydrogen-bond donors (Lipinski definition) is 3. The van der Waals surface area contributed by atoms with Crippen LogP contribution in [0.1, 0.15) is 37.3 Å². The predicted molar refractivity (Wildman–Crippen MR) is 116 cm³/mol. The molecular formula is C24H26N2O6. The van der Waals surface area contributed by atoms with E-state index < -0.39 is 35.7 Å². The zero-order valence-electron chi connectivity index (χ0n) is 17.9. The van der Waals surface area contributed by atoms with Crippen molar-refractivity contribution in [2.75, 3.05) is 13.2 Å². The van der Waals surface area contributed by atoms with Crippen molar-refractivity contribution >= 4 is 18.0 Å². The maximum atomic E-state index is 12.9. The van der Waals surface area contributed by atoms with Gasteiger partial charge >= 0.3 is 12.1 Å². The van der Waals surface area contributed by atoms with E-state index in [1.807, 2.05) is 48.5 Å². The van der Waals surface area contributed by atoms with Crippen LogP contribution in [0.15, 0.2) is 48.5 Å². The number of aliphatic hydroxyl groups is 1. The largest absolute Gasteiger partial charge is 0.480 e. The van der Waals surface area contributed by atoms with Crippen molar-refractivity contribution in [1.82, 2.24) is 10.2 Å². The van der Waals surface area contributed by atoms with Gasteiger partial charge in [0.2, 0.25) is 5.91 Å². The van der Waals surface area contributed by atoms with Gasteiger partial charge in [-0.25, -0.2) is 9.59 Å². The van der Waals surface area contributed by atoms with E-state index in [0.29, 0.717) is 0 Å². The molecule has 0 aromatic heterocycles. The first-order chi connectivity index (χ1) is 15.2. The van der Waals surface area contributed by atoms with Crippen molar-refractivity contribution in [3.63, 3.8) is 0 Å². The molecule has 1 saturated heterocycles. The normalized spacial score (nSPS) is 19.9. The van der Waals surface area contributed by atoms with E-state index in [1.165, 1.54) is 13.8 Å². The Balaban J connectivity index is 1.43. The second-order valence-electron chi connectivity index (χ2n) is 8.78. The Morgan fingerprint density at radius 3 is 2.19 bits per heavy atom. The summed E-state index contributed by atoms with van der Waals surface area (Å²) in [6.45, 7) is 2.98. The number of carboxylic acids is 1. The lowest BCUT2D eigenvalue weighted by atomic mass is 9.98. The van der Waals surface area contributed by atoms with Crippen LogP contribution < -0.4 is 5.32 Å². The molecule has 2 amide bonds. The highest BCUT2D eigenvalue weighted by atomic mass is 16.5. The predicted octanol–water partition coefficient (Wildman–Crippen LogP) is 2.35. The molecule has 0 radical (unpaired) electrons. The number of nitrogens with zero attached hydrogens (tertiary/aromatic N) is 1. The molecule has 0 spiro atoms. The number of ether oxygens (including phenoxy) is 1. The minimum absolute atomic E-state index is 0.0396. The fraction of sp³-hybridized carbons (Fsp3) is 0.375. The monoisotopic (exact) mass is 438 g/mol. The molecule has 8 nitrogen and oxygen atoms in total. The highest BCUT2D eigenvalue weighted by Crippen LogP contribution is 2.44. The summed E-state index contributed by atoms with van der Waals surface area (Å²) >= 11 is 0. The first-order valence-corrected chi connectivity index (χ1v) is 10.5. The van der Waals surface area contributed by atoms with Gasteiger partial charge in [-0.15, -0.1) is 0 Å². The molecule has 8 heteroatoms. The number of likely N-dealkylation sites (tertiary alicyclic amines) is 1. The lowest BCUT2D eigenvalue weighted by molar-refractivity contribution is -0.150. The Hall–Kier alpha value is -3.39. The van der Waals surface area contributed by atoms with Crippen molar-refractivity contribution < 1.29 is 29.3 Å². The number of alkyl carbamates (subject to hydrolysis) is 1. The van der Waals surface area contributed by atoms with Crippen molar-refractivity contribution in [2.45, 2.75) is 43.9 Å². The molecule has 4 rings (SSSR count). The van der Waals surface area contributed by atoms with Crippen LogP contribution in [0.2, 0.25) is 0 Å². The van der Waals surface area contributed by atoms with Gasteiger partial charge in [-0.2, -0.15) is 0 Å². The van der Waals surface area contributed by atoms with Crippen molar-refractivity contribution in [2.24, 2.45) is 0 Å². The Kier molecular flexibility index (Phi) is 5.64. The third-order valence-corrected chi connectivity index (χ3v) is 6.12. The number of amides is 2. The molecule has 2 aromatic carbocycles. The number of carboxylic acid groups (broad SMARTS) is 1. The number of aliphatic hydroxyl groups excluding tert-OH is 1. The fourth-order valence-corrected chi connectivity index (χ4v) is 4.57. The fourth-order valence-electron chi connectivity index (χ4n) is 4.57. The summed E-state index contributed by atoms with van der Waals surface area (Å²) in [6.07, 6.45) is -1.72. The Labute approximate surface area is 185 Å². The second kappa shape index (κ2) is 8.27. The number of aliphatic carboxylic acids is 1. The number of nitrogens with one attached hydrogen (secondary N) is 1. The van der Waals surface area contributed by atoms with Gasteiger partial charge < -0.3 is 25.2 Å². The number of carbonyl (C=O) groups is 3. The van der Waals surface area contributed by atoms with Crippen molar-refractivity contribution in [1.29, 1.82) is 0 Å². The first kappa shape index (κ1) is 21.8.